The van der Waals surface area contributed by atoms with E-state index in [2.05, 4.69) is 0 Å². The van der Waals surface area contributed by atoms with E-state index in [9.17, 15) is 9.90 Å². The van der Waals surface area contributed by atoms with Gasteiger partial charge in [0.1, 0.15) is 5.75 Å². The zero-order chi connectivity index (χ0) is 16.3. The number of carboxylic acid groups (broad SMARTS) is 1. The lowest BCUT2D eigenvalue weighted by Crippen LogP contribution is -2.41. The van der Waals surface area contributed by atoms with Crippen LogP contribution in [0.1, 0.15) is 18.4 Å². The molecule has 4 heteroatoms. The van der Waals surface area contributed by atoms with Crippen LogP contribution >= 0.6 is 0 Å². The van der Waals surface area contributed by atoms with Crippen molar-refractivity contribution in [2.24, 2.45) is 0 Å². The number of rotatable bonds is 4. The lowest BCUT2D eigenvalue weighted by molar-refractivity contribution is -0.147. The van der Waals surface area contributed by atoms with E-state index in [-0.39, 0.29) is 0 Å². The number of hydrogen-bond acceptors (Lipinski definition) is 3. The maximum Gasteiger partial charge on any atom is 0.314 e. The Hall–Kier alpha value is -2.33. The van der Waals surface area contributed by atoms with Gasteiger partial charge in [0.25, 0.3) is 0 Å². The monoisotopic (exact) mass is 312 g/mol. The number of carboxylic acids is 1. The quantitative estimate of drug-likeness (QED) is 0.939. The van der Waals surface area contributed by atoms with E-state index in [1.165, 1.54) is 0 Å². The normalized spacial score (nSPS) is 16.7. The molecule has 2 aromatic carbocycles. The molecule has 0 unspecified atom stereocenters. The van der Waals surface area contributed by atoms with Crippen molar-refractivity contribution in [3.05, 3.63) is 54.1 Å². The summed E-state index contributed by atoms with van der Waals surface area (Å²) in [5.41, 5.74) is 2.11. The Balaban J connectivity index is 1.93. The van der Waals surface area contributed by atoms with Gasteiger partial charge in [-0.1, -0.05) is 36.4 Å². The van der Waals surface area contributed by atoms with Crippen molar-refractivity contribution in [3.8, 4) is 16.9 Å². The fourth-order valence-corrected chi connectivity index (χ4v) is 3.13. The van der Waals surface area contributed by atoms with Gasteiger partial charge in [-0.05, 0) is 41.7 Å². The lowest BCUT2D eigenvalue weighted by Gasteiger charge is -2.33. The molecule has 2 aromatic rings. The Morgan fingerprint density at radius 3 is 2.39 bits per heavy atom. The largest absolute Gasteiger partial charge is 0.497 e. The molecule has 0 saturated carbocycles. The minimum atomic E-state index is -0.828. The van der Waals surface area contributed by atoms with Crippen LogP contribution in [0.15, 0.2) is 48.5 Å². The molecule has 1 aliphatic rings. The van der Waals surface area contributed by atoms with E-state index < -0.39 is 11.4 Å². The molecule has 0 aliphatic carbocycles. The average molecular weight is 312 g/mol. The highest BCUT2D eigenvalue weighted by atomic mass is 16.5. The SMILES string of the molecule is COc1cccc(-c2ccc(C3(C(=O)O)CCOCC3)cc2)c1. The second kappa shape index (κ2) is 6.42. The molecular formula is C19H20O4. The Labute approximate surface area is 135 Å². The van der Waals surface area contributed by atoms with E-state index in [1.54, 1.807) is 7.11 Å². The van der Waals surface area contributed by atoms with Crippen molar-refractivity contribution in [2.75, 3.05) is 20.3 Å². The molecule has 4 nitrogen and oxygen atoms in total. The van der Waals surface area contributed by atoms with Gasteiger partial charge in [0.05, 0.1) is 12.5 Å². The first-order valence-corrected chi connectivity index (χ1v) is 7.72. The number of ether oxygens (including phenoxy) is 2. The molecule has 0 atom stereocenters. The smallest absolute Gasteiger partial charge is 0.314 e. The van der Waals surface area contributed by atoms with E-state index in [4.69, 9.17) is 9.47 Å². The Kier molecular flexibility index (Phi) is 4.35. The van der Waals surface area contributed by atoms with Crippen molar-refractivity contribution in [2.45, 2.75) is 18.3 Å². The molecule has 1 saturated heterocycles. The standard InChI is InChI=1S/C19H20O4/c1-22-17-4-2-3-15(13-17)14-5-7-16(8-6-14)19(18(20)21)9-11-23-12-10-19/h2-8,13H,9-12H2,1H3,(H,20,21). The summed E-state index contributed by atoms with van der Waals surface area (Å²) in [6.45, 7) is 0.980. The Morgan fingerprint density at radius 1 is 1.09 bits per heavy atom. The molecule has 120 valence electrons. The van der Waals surface area contributed by atoms with Crippen LogP contribution < -0.4 is 4.74 Å². The molecule has 1 fully saturated rings. The van der Waals surface area contributed by atoms with Crippen LogP contribution in [-0.4, -0.2) is 31.4 Å². The highest BCUT2D eigenvalue weighted by Crippen LogP contribution is 2.36. The number of benzene rings is 2. The van der Waals surface area contributed by atoms with Crippen LogP contribution in [-0.2, 0) is 14.9 Å². The summed E-state index contributed by atoms with van der Waals surface area (Å²) in [6, 6.07) is 15.6. The summed E-state index contributed by atoms with van der Waals surface area (Å²) in [5.74, 6) is 0.0351. The molecule has 1 aliphatic heterocycles. The van der Waals surface area contributed by atoms with Crippen molar-refractivity contribution in [1.29, 1.82) is 0 Å². The maximum atomic E-state index is 11.8. The first-order valence-electron chi connectivity index (χ1n) is 7.72. The Bertz CT molecular complexity index is 685. The Morgan fingerprint density at radius 2 is 1.78 bits per heavy atom. The van der Waals surface area contributed by atoms with Gasteiger partial charge in [-0.25, -0.2) is 0 Å². The van der Waals surface area contributed by atoms with Crippen LogP contribution in [0.25, 0.3) is 11.1 Å². The minimum Gasteiger partial charge on any atom is -0.497 e. The molecule has 0 radical (unpaired) electrons. The second-order valence-corrected chi connectivity index (χ2v) is 5.81. The number of methoxy groups -OCH3 is 1. The number of carbonyl (C=O) groups is 1. The third kappa shape index (κ3) is 2.94. The topological polar surface area (TPSA) is 55.8 Å². The maximum absolute atomic E-state index is 11.8. The predicted octanol–water partition coefficient (Wildman–Crippen LogP) is 3.50. The zero-order valence-electron chi connectivity index (χ0n) is 13.1. The first kappa shape index (κ1) is 15.6. The van der Waals surface area contributed by atoms with Gasteiger partial charge in [0.15, 0.2) is 0 Å². The highest BCUT2D eigenvalue weighted by molar-refractivity contribution is 5.82. The fraction of sp³-hybridized carbons (Fsp3) is 0.316. The van der Waals surface area contributed by atoms with E-state index in [0.29, 0.717) is 26.1 Å². The summed E-state index contributed by atoms with van der Waals surface area (Å²) in [5, 5.41) is 9.72. The van der Waals surface area contributed by atoms with Crippen molar-refractivity contribution < 1.29 is 19.4 Å². The molecule has 3 rings (SSSR count). The number of aliphatic carboxylic acids is 1. The lowest BCUT2D eigenvalue weighted by atomic mass is 9.74. The second-order valence-electron chi connectivity index (χ2n) is 5.81. The molecule has 0 spiro atoms. The van der Waals surface area contributed by atoms with Crippen LogP contribution in [0.4, 0.5) is 0 Å². The molecule has 0 aromatic heterocycles. The van der Waals surface area contributed by atoms with Crippen LogP contribution in [0.2, 0.25) is 0 Å². The van der Waals surface area contributed by atoms with E-state index in [0.717, 1.165) is 22.4 Å². The van der Waals surface area contributed by atoms with E-state index >= 15 is 0 Å². The molecule has 1 N–H and O–H groups in total. The van der Waals surface area contributed by atoms with Gasteiger partial charge in [-0.15, -0.1) is 0 Å². The zero-order valence-corrected chi connectivity index (χ0v) is 13.1. The van der Waals surface area contributed by atoms with Gasteiger partial charge in [-0.3, -0.25) is 4.79 Å². The molecular weight excluding hydrogens is 292 g/mol. The van der Waals surface area contributed by atoms with Crippen LogP contribution in [0, 0.1) is 0 Å². The van der Waals surface area contributed by atoms with Crippen LogP contribution in [0.3, 0.4) is 0 Å². The highest BCUT2D eigenvalue weighted by Gasteiger charge is 2.41. The number of hydrogen-bond donors (Lipinski definition) is 1. The minimum absolute atomic E-state index is 0.490. The third-order valence-electron chi connectivity index (χ3n) is 4.60. The molecule has 0 bridgehead atoms. The average Bonchev–Trinajstić information content (AvgIpc) is 2.62. The van der Waals surface area contributed by atoms with E-state index in [1.807, 2.05) is 48.5 Å². The van der Waals surface area contributed by atoms with Gasteiger partial charge in [0.2, 0.25) is 0 Å². The summed E-state index contributed by atoms with van der Waals surface area (Å²) in [6.07, 6.45) is 1.03. The van der Waals surface area contributed by atoms with Crippen molar-refractivity contribution in [1.82, 2.24) is 0 Å². The first-order chi connectivity index (χ1) is 11.2. The molecule has 0 amide bonds. The van der Waals surface area contributed by atoms with Crippen molar-refractivity contribution in [3.63, 3.8) is 0 Å². The third-order valence-corrected chi connectivity index (χ3v) is 4.60. The fourth-order valence-electron chi connectivity index (χ4n) is 3.13. The van der Waals surface area contributed by atoms with Gasteiger partial charge >= 0.3 is 5.97 Å². The van der Waals surface area contributed by atoms with Crippen molar-refractivity contribution >= 4 is 5.97 Å². The van der Waals surface area contributed by atoms with Crippen LogP contribution in [0.5, 0.6) is 5.75 Å². The summed E-state index contributed by atoms with van der Waals surface area (Å²) in [7, 11) is 1.64. The summed E-state index contributed by atoms with van der Waals surface area (Å²) >= 11 is 0. The predicted molar refractivity (Wildman–Crippen MR) is 87.8 cm³/mol. The summed E-state index contributed by atoms with van der Waals surface area (Å²) in [4.78, 5) is 11.8. The van der Waals surface area contributed by atoms with Gasteiger partial charge in [0, 0.05) is 13.2 Å². The van der Waals surface area contributed by atoms with Gasteiger partial charge < -0.3 is 14.6 Å². The van der Waals surface area contributed by atoms with Gasteiger partial charge in [-0.2, -0.15) is 0 Å². The summed E-state index contributed by atoms with van der Waals surface area (Å²) < 4.78 is 10.6. The molecule has 1 heterocycles. The molecule has 23 heavy (non-hydrogen) atoms.